The zero-order valence-electron chi connectivity index (χ0n) is 20.6. The fourth-order valence-corrected chi connectivity index (χ4v) is 4.64. The number of hydrogen-bond donors (Lipinski definition) is 3. The molecule has 0 spiro atoms. The van der Waals surface area contributed by atoms with Gasteiger partial charge < -0.3 is 25.2 Å². The van der Waals surface area contributed by atoms with Crippen molar-refractivity contribution >= 4 is 34.8 Å². The van der Waals surface area contributed by atoms with Gasteiger partial charge in [0.2, 0.25) is 0 Å². The maximum absolute atomic E-state index is 13.6. The van der Waals surface area contributed by atoms with E-state index in [1.54, 1.807) is 86.8 Å². The highest BCUT2D eigenvalue weighted by Gasteiger charge is 2.52. The second kappa shape index (κ2) is 11.2. The maximum atomic E-state index is 13.6. The summed E-state index contributed by atoms with van der Waals surface area (Å²) in [5.41, 5.74) is 1.06. The molecule has 0 saturated heterocycles. The Morgan fingerprint density at radius 3 is 2.62 bits per heavy atom. The van der Waals surface area contributed by atoms with Crippen molar-refractivity contribution in [1.82, 2.24) is 0 Å². The second-order valence-electron chi connectivity index (χ2n) is 8.93. The van der Waals surface area contributed by atoms with E-state index in [2.05, 4.69) is 5.32 Å². The number of carbonyl (C=O) groups is 2. The van der Waals surface area contributed by atoms with Crippen LogP contribution in [-0.2, 0) is 16.9 Å². The zero-order chi connectivity index (χ0) is 26.6. The Kier molecular flexibility index (Phi) is 7.97. The first-order valence-electron chi connectivity index (χ1n) is 11.9. The molecule has 0 unspecified atom stereocenters. The van der Waals surface area contributed by atoms with Gasteiger partial charge >= 0.3 is 0 Å². The summed E-state index contributed by atoms with van der Waals surface area (Å²) in [6.07, 6.45) is 3.91. The third-order valence-electron chi connectivity index (χ3n) is 6.49. The van der Waals surface area contributed by atoms with E-state index >= 15 is 0 Å². The molecule has 1 aliphatic rings. The number of nitrogens with one attached hydrogen (secondary N) is 1. The van der Waals surface area contributed by atoms with Gasteiger partial charge in [-0.05, 0) is 66.6 Å². The first kappa shape index (κ1) is 26.4. The van der Waals surface area contributed by atoms with Crippen molar-refractivity contribution in [1.29, 1.82) is 0 Å². The average Bonchev–Trinajstić information content (AvgIpc) is 3.11. The summed E-state index contributed by atoms with van der Waals surface area (Å²) in [4.78, 5) is 27.9. The van der Waals surface area contributed by atoms with Gasteiger partial charge in [-0.1, -0.05) is 42.8 Å². The lowest BCUT2D eigenvalue weighted by molar-refractivity contribution is -0.139. The van der Waals surface area contributed by atoms with Crippen molar-refractivity contribution in [3.8, 4) is 5.75 Å². The molecule has 37 heavy (non-hydrogen) atoms. The van der Waals surface area contributed by atoms with Crippen molar-refractivity contribution in [3.05, 3.63) is 101 Å². The molecule has 7 nitrogen and oxygen atoms in total. The van der Waals surface area contributed by atoms with E-state index in [9.17, 15) is 14.7 Å². The fraction of sp³-hybridized carbons (Fsp3) is 0.241. The van der Waals surface area contributed by atoms with Crippen LogP contribution in [0, 0.1) is 5.92 Å². The van der Waals surface area contributed by atoms with Crippen LogP contribution in [-0.4, -0.2) is 35.7 Å². The van der Waals surface area contributed by atoms with Crippen molar-refractivity contribution in [2.24, 2.45) is 5.92 Å². The molecule has 4 rings (SSSR count). The Hall–Kier alpha value is -3.65. The van der Waals surface area contributed by atoms with E-state index in [1.165, 1.54) is 4.90 Å². The molecule has 2 atom stereocenters. The van der Waals surface area contributed by atoms with Crippen LogP contribution in [0.1, 0.15) is 34.8 Å². The normalized spacial score (nSPS) is 17.6. The monoisotopic (exact) mass is 520 g/mol. The van der Waals surface area contributed by atoms with Crippen LogP contribution in [0.15, 0.2) is 78.9 Å². The number of nitrogens with zero attached hydrogens (tertiary/aromatic N) is 1. The van der Waals surface area contributed by atoms with Crippen LogP contribution < -0.4 is 15.0 Å². The second-order valence-corrected chi connectivity index (χ2v) is 9.37. The van der Waals surface area contributed by atoms with Crippen LogP contribution in [0.3, 0.4) is 0 Å². The molecule has 2 amide bonds. The Bertz CT molecular complexity index is 1320. The Balaban J connectivity index is 1.58. The highest BCUT2D eigenvalue weighted by atomic mass is 35.5. The predicted molar refractivity (Wildman–Crippen MR) is 144 cm³/mol. The Labute approximate surface area is 221 Å². The van der Waals surface area contributed by atoms with Gasteiger partial charge in [-0.3, -0.25) is 9.59 Å². The van der Waals surface area contributed by atoms with Crippen LogP contribution in [0.25, 0.3) is 0 Å². The Morgan fingerprint density at radius 1 is 1.16 bits per heavy atom. The van der Waals surface area contributed by atoms with Gasteiger partial charge in [0.1, 0.15) is 5.75 Å². The number of rotatable bonds is 9. The van der Waals surface area contributed by atoms with E-state index in [-0.39, 0.29) is 19.1 Å². The van der Waals surface area contributed by atoms with Gasteiger partial charge in [0.05, 0.1) is 19.3 Å². The number of ether oxygens (including phenoxy) is 1. The van der Waals surface area contributed by atoms with Crippen molar-refractivity contribution in [2.45, 2.75) is 25.5 Å². The topological polar surface area (TPSA) is 99.1 Å². The first-order chi connectivity index (χ1) is 17.8. The van der Waals surface area contributed by atoms with Gasteiger partial charge in [-0.25, -0.2) is 0 Å². The molecule has 0 fully saturated rings. The van der Waals surface area contributed by atoms with E-state index < -0.39 is 17.4 Å². The molecule has 0 radical (unpaired) electrons. The van der Waals surface area contributed by atoms with Crippen LogP contribution >= 0.6 is 11.6 Å². The molecule has 0 aromatic heterocycles. The number of methoxy groups -OCH3 is 1. The van der Waals surface area contributed by atoms with E-state index in [0.717, 1.165) is 5.56 Å². The SMILES string of the molecule is COc1ccc(C(=O)Nc2cccc(CN3C(=O)[C@](O)([C@H](C)/C=C/CCO)c4cc(Cl)ccc43)c2)cc1. The number of hydrogen-bond acceptors (Lipinski definition) is 5. The van der Waals surface area contributed by atoms with Gasteiger partial charge in [-0.15, -0.1) is 0 Å². The summed E-state index contributed by atoms with van der Waals surface area (Å²) in [6, 6.07) is 19.1. The quantitative estimate of drug-likeness (QED) is 0.348. The van der Waals surface area contributed by atoms with Gasteiger partial charge in [0, 0.05) is 34.4 Å². The van der Waals surface area contributed by atoms with Crippen LogP contribution in [0.4, 0.5) is 11.4 Å². The summed E-state index contributed by atoms with van der Waals surface area (Å²) < 4.78 is 5.14. The number of anilines is 2. The summed E-state index contributed by atoms with van der Waals surface area (Å²) in [5.74, 6) is -0.620. The lowest BCUT2D eigenvalue weighted by Gasteiger charge is -2.27. The minimum atomic E-state index is -1.80. The lowest BCUT2D eigenvalue weighted by Crippen LogP contribution is -2.44. The van der Waals surface area contributed by atoms with Gasteiger partial charge in [0.25, 0.3) is 11.8 Å². The molecule has 0 saturated carbocycles. The van der Waals surface area contributed by atoms with Crippen molar-refractivity contribution < 1.29 is 24.5 Å². The first-order valence-corrected chi connectivity index (χ1v) is 12.3. The fourth-order valence-electron chi connectivity index (χ4n) is 4.47. The minimum Gasteiger partial charge on any atom is -0.497 e. The molecular weight excluding hydrogens is 492 g/mol. The van der Waals surface area contributed by atoms with E-state index in [4.69, 9.17) is 21.4 Å². The molecule has 0 bridgehead atoms. The largest absolute Gasteiger partial charge is 0.497 e. The average molecular weight is 521 g/mol. The van der Waals surface area contributed by atoms with E-state index in [0.29, 0.717) is 39.7 Å². The number of aliphatic hydroxyl groups is 2. The van der Waals surface area contributed by atoms with Crippen LogP contribution in [0.5, 0.6) is 5.75 Å². The molecule has 1 heterocycles. The van der Waals surface area contributed by atoms with Gasteiger partial charge in [0.15, 0.2) is 5.60 Å². The zero-order valence-corrected chi connectivity index (χ0v) is 21.4. The highest BCUT2D eigenvalue weighted by Crippen LogP contribution is 2.46. The molecule has 192 valence electrons. The number of halogens is 1. The standard InChI is InChI=1S/C29H29ClN2O5/c1-19(6-3-4-15-33)29(36)25-17-22(30)11-14-26(25)32(28(29)35)18-20-7-5-8-23(16-20)31-27(34)21-9-12-24(37-2)13-10-21/h3,5-14,16-17,19,33,36H,4,15,18H2,1-2H3,(H,31,34)/b6-3+/t19-,29+/m1/s1. The maximum Gasteiger partial charge on any atom is 0.264 e. The summed E-state index contributed by atoms with van der Waals surface area (Å²) >= 11 is 6.24. The molecule has 0 aliphatic carbocycles. The van der Waals surface area contributed by atoms with Crippen LogP contribution in [0.2, 0.25) is 5.02 Å². The third kappa shape index (κ3) is 5.39. The molecule has 8 heteroatoms. The Morgan fingerprint density at radius 2 is 1.92 bits per heavy atom. The molecule has 1 aliphatic heterocycles. The number of amides is 2. The number of carbonyl (C=O) groups excluding carboxylic acids is 2. The molecule has 3 N–H and O–H groups in total. The van der Waals surface area contributed by atoms with E-state index in [1.807, 2.05) is 6.07 Å². The molecule has 3 aromatic carbocycles. The van der Waals surface area contributed by atoms with Gasteiger partial charge in [-0.2, -0.15) is 0 Å². The number of fused-ring (bicyclic) bond motifs is 1. The number of aliphatic hydroxyl groups excluding tert-OH is 1. The smallest absolute Gasteiger partial charge is 0.264 e. The third-order valence-corrected chi connectivity index (χ3v) is 6.72. The summed E-state index contributed by atoms with van der Waals surface area (Å²) in [5, 5.41) is 24.0. The molecular formula is C29H29ClN2O5. The molecule has 3 aromatic rings. The van der Waals surface area contributed by atoms with Crippen molar-refractivity contribution in [3.63, 3.8) is 0 Å². The summed E-state index contributed by atoms with van der Waals surface area (Å²) in [6.45, 7) is 1.93. The number of benzene rings is 3. The van der Waals surface area contributed by atoms with Crippen molar-refractivity contribution in [2.75, 3.05) is 23.9 Å². The highest BCUT2D eigenvalue weighted by molar-refractivity contribution is 6.31. The predicted octanol–water partition coefficient (Wildman–Crippen LogP) is 4.91. The minimum absolute atomic E-state index is 0.0184. The lowest BCUT2D eigenvalue weighted by atomic mass is 9.83. The summed E-state index contributed by atoms with van der Waals surface area (Å²) in [7, 11) is 1.56.